The van der Waals surface area contributed by atoms with Crippen molar-refractivity contribution >= 4 is 27.4 Å². The van der Waals surface area contributed by atoms with Gasteiger partial charge in [-0.1, -0.05) is 15.9 Å². The van der Waals surface area contributed by atoms with Crippen LogP contribution in [0.4, 0.5) is 10.1 Å². The minimum atomic E-state index is -0.580. The highest BCUT2D eigenvalue weighted by molar-refractivity contribution is 9.10. The third-order valence-corrected chi connectivity index (χ3v) is 3.17. The van der Waals surface area contributed by atoms with E-state index in [9.17, 15) is 9.18 Å². The summed E-state index contributed by atoms with van der Waals surface area (Å²) in [5.41, 5.74) is 6.27. The maximum absolute atomic E-state index is 13.7. The fourth-order valence-corrected chi connectivity index (χ4v) is 2.05. The Hall–Kier alpha value is -1.88. The normalized spacial score (nSPS) is 10.3. The first kappa shape index (κ1) is 13.5. The Morgan fingerprint density at radius 2 is 1.95 bits per heavy atom. The van der Waals surface area contributed by atoms with Crippen LogP contribution in [0.25, 0.3) is 0 Å². The van der Waals surface area contributed by atoms with E-state index in [0.717, 1.165) is 0 Å². The van der Waals surface area contributed by atoms with E-state index >= 15 is 0 Å². The molecule has 0 aliphatic carbocycles. The second-order valence-electron chi connectivity index (χ2n) is 3.91. The molecule has 19 heavy (non-hydrogen) atoms. The first-order chi connectivity index (χ1) is 9.02. The molecular weight excluding hydrogens is 313 g/mol. The molecule has 3 nitrogen and oxygen atoms in total. The number of nitrogen functional groups attached to an aromatic ring is 1. The number of ketones is 1. The van der Waals surface area contributed by atoms with Crippen LogP contribution in [0.5, 0.6) is 5.75 Å². The summed E-state index contributed by atoms with van der Waals surface area (Å²) in [6.45, 7) is 0. The quantitative estimate of drug-likeness (QED) is 0.695. The number of benzene rings is 2. The topological polar surface area (TPSA) is 52.3 Å². The summed E-state index contributed by atoms with van der Waals surface area (Å²) < 4.78 is 19.3. The Balaban J connectivity index is 2.47. The second-order valence-corrected chi connectivity index (χ2v) is 4.82. The number of carbonyl (C=O) groups is 1. The lowest BCUT2D eigenvalue weighted by Crippen LogP contribution is -2.07. The van der Waals surface area contributed by atoms with Crippen LogP contribution in [0.3, 0.4) is 0 Å². The van der Waals surface area contributed by atoms with Crippen LogP contribution in [0.2, 0.25) is 0 Å². The van der Waals surface area contributed by atoms with Crippen LogP contribution in [0.1, 0.15) is 15.9 Å². The monoisotopic (exact) mass is 323 g/mol. The van der Waals surface area contributed by atoms with Crippen LogP contribution in [-0.2, 0) is 0 Å². The summed E-state index contributed by atoms with van der Waals surface area (Å²) in [7, 11) is 1.50. The van der Waals surface area contributed by atoms with Crippen LogP contribution in [0, 0.1) is 5.82 Å². The maximum Gasteiger partial charge on any atom is 0.198 e. The Kier molecular flexibility index (Phi) is 3.85. The molecule has 0 aliphatic heterocycles. The van der Waals surface area contributed by atoms with E-state index in [4.69, 9.17) is 10.5 Å². The molecule has 0 saturated carbocycles. The molecule has 0 unspecified atom stereocenters. The van der Waals surface area contributed by atoms with Gasteiger partial charge in [0.05, 0.1) is 12.7 Å². The molecule has 0 saturated heterocycles. The highest BCUT2D eigenvalue weighted by atomic mass is 79.9. The number of hydrogen-bond donors (Lipinski definition) is 1. The number of ether oxygens (including phenoxy) is 1. The van der Waals surface area contributed by atoms with Gasteiger partial charge >= 0.3 is 0 Å². The molecule has 0 radical (unpaired) electrons. The van der Waals surface area contributed by atoms with Gasteiger partial charge in [-0.05, 0) is 30.3 Å². The average Bonchev–Trinajstić information content (AvgIpc) is 2.40. The molecule has 0 fully saturated rings. The Morgan fingerprint density at radius 1 is 1.21 bits per heavy atom. The predicted octanol–water partition coefficient (Wildman–Crippen LogP) is 3.41. The van der Waals surface area contributed by atoms with Crippen molar-refractivity contribution in [2.45, 2.75) is 0 Å². The standard InChI is InChI=1S/C14H11BrFNO2/c1-19-9-3-4-10(13(17)7-9)14(18)11-6-8(15)2-5-12(11)16/h2-7H,17H2,1H3. The molecule has 0 heterocycles. The molecule has 2 rings (SSSR count). The zero-order chi connectivity index (χ0) is 14.0. The van der Waals surface area contributed by atoms with Crippen LogP contribution in [0.15, 0.2) is 40.9 Å². The number of rotatable bonds is 3. The largest absolute Gasteiger partial charge is 0.497 e. The summed E-state index contributed by atoms with van der Waals surface area (Å²) in [5.74, 6) is -0.494. The van der Waals surface area contributed by atoms with E-state index in [1.165, 1.54) is 37.4 Å². The Labute approximate surface area is 118 Å². The summed E-state index contributed by atoms with van der Waals surface area (Å²) >= 11 is 3.21. The van der Waals surface area contributed by atoms with Crippen molar-refractivity contribution in [1.29, 1.82) is 0 Å². The van der Waals surface area contributed by atoms with Crippen molar-refractivity contribution in [2.75, 3.05) is 12.8 Å². The van der Waals surface area contributed by atoms with Gasteiger partial charge in [0.15, 0.2) is 5.78 Å². The highest BCUT2D eigenvalue weighted by Gasteiger charge is 2.17. The number of nitrogens with two attached hydrogens (primary N) is 1. The minimum Gasteiger partial charge on any atom is -0.497 e. The van der Waals surface area contributed by atoms with Crippen molar-refractivity contribution in [3.8, 4) is 5.75 Å². The predicted molar refractivity (Wildman–Crippen MR) is 74.9 cm³/mol. The van der Waals surface area contributed by atoms with E-state index in [1.807, 2.05) is 0 Å². The molecular formula is C14H11BrFNO2. The fraction of sp³-hybridized carbons (Fsp3) is 0.0714. The molecule has 0 amide bonds. The zero-order valence-corrected chi connectivity index (χ0v) is 11.7. The number of anilines is 1. The Bertz CT molecular complexity index is 643. The van der Waals surface area contributed by atoms with Crippen molar-refractivity contribution in [2.24, 2.45) is 0 Å². The number of methoxy groups -OCH3 is 1. The van der Waals surface area contributed by atoms with Gasteiger partial charge in [-0.2, -0.15) is 0 Å². The van der Waals surface area contributed by atoms with E-state index in [-0.39, 0.29) is 16.8 Å². The van der Waals surface area contributed by atoms with Gasteiger partial charge < -0.3 is 10.5 Å². The van der Waals surface area contributed by atoms with Gasteiger partial charge in [0, 0.05) is 21.8 Å². The minimum absolute atomic E-state index is 0.0220. The van der Waals surface area contributed by atoms with Crippen molar-refractivity contribution in [3.05, 3.63) is 57.8 Å². The molecule has 0 spiro atoms. The van der Waals surface area contributed by atoms with Crippen LogP contribution in [-0.4, -0.2) is 12.9 Å². The summed E-state index contributed by atoms with van der Waals surface area (Å²) in [6, 6.07) is 8.86. The number of hydrogen-bond acceptors (Lipinski definition) is 3. The first-order valence-electron chi connectivity index (χ1n) is 5.46. The smallest absolute Gasteiger partial charge is 0.198 e. The number of carbonyl (C=O) groups excluding carboxylic acids is 1. The SMILES string of the molecule is COc1ccc(C(=O)c2cc(Br)ccc2F)c(N)c1. The lowest BCUT2D eigenvalue weighted by Gasteiger charge is -2.08. The Morgan fingerprint density at radius 3 is 2.58 bits per heavy atom. The van der Waals surface area contributed by atoms with Crippen LogP contribution >= 0.6 is 15.9 Å². The van der Waals surface area contributed by atoms with Gasteiger partial charge in [0.2, 0.25) is 0 Å². The average molecular weight is 324 g/mol. The second kappa shape index (κ2) is 5.40. The van der Waals surface area contributed by atoms with Crippen molar-refractivity contribution in [3.63, 3.8) is 0 Å². The maximum atomic E-state index is 13.7. The molecule has 0 aliphatic rings. The van der Waals surface area contributed by atoms with E-state index < -0.39 is 11.6 Å². The third kappa shape index (κ3) is 2.76. The summed E-state index contributed by atoms with van der Waals surface area (Å²) in [6.07, 6.45) is 0. The molecule has 2 aromatic rings. The highest BCUT2D eigenvalue weighted by Crippen LogP contribution is 2.24. The van der Waals surface area contributed by atoms with Gasteiger partial charge in [-0.25, -0.2) is 4.39 Å². The molecule has 5 heteroatoms. The van der Waals surface area contributed by atoms with Crippen molar-refractivity contribution < 1.29 is 13.9 Å². The van der Waals surface area contributed by atoms with E-state index in [0.29, 0.717) is 10.2 Å². The van der Waals surface area contributed by atoms with Gasteiger partial charge in [-0.15, -0.1) is 0 Å². The molecule has 0 aromatic heterocycles. The number of halogens is 2. The fourth-order valence-electron chi connectivity index (χ4n) is 1.69. The van der Waals surface area contributed by atoms with Crippen LogP contribution < -0.4 is 10.5 Å². The van der Waals surface area contributed by atoms with E-state index in [2.05, 4.69) is 15.9 Å². The summed E-state index contributed by atoms with van der Waals surface area (Å²) in [5, 5.41) is 0. The van der Waals surface area contributed by atoms with Gasteiger partial charge in [0.1, 0.15) is 11.6 Å². The van der Waals surface area contributed by atoms with Gasteiger partial charge in [0.25, 0.3) is 0 Å². The molecule has 2 N–H and O–H groups in total. The van der Waals surface area contributed by atoms with E-state index in [1.54, 1.807) is 6.07 Å². The van der Waals surface area contributed by atoms with Gasteiger partial charge in [-0.3, -0.25) is 4.79 Å². The first-order valence-corrected chi connectivity index (χ1v) is 6.25. The lowest BCUT2D eigenvalue weighted by molar-refractivity contribution is 0.103. The molecule has 0 atom stereocenters. The third-order valence-electron chi connectivity index (χ3n) is 2.68. The van der Waals surface area contributed by atoms with Crippen molar-refractivity contribution in [1.82, 2.24) is 0 Å². The zero-order valence-electron chi connectivity index (χ0n) is 10.1. The lowest BCUT2D eigenvalue weighted by atomic mass is 10.0. The molecule has 0 bridgehead atoms. The summed E-state index contributed by atoms with van der Waals surface area (Å²) in [4.78, 5) is 12.3. The molecule has 98 valence electrons. The molecule has 2 aromatic carbocycles.